The van der Waals surface area contributed by atoms with E-state index in [9.17, 15) is 14.9 Å². The molecule has 0 aliphatic heterocycles. The number of carbonyl (C=O) groups is 1. The fourth-order valence-corrected chi connectivity index (χ4v) is 2.66. The van der Waals surface area contributed by atoms with Gasteiger partial charge in [-0.25, -0.2) is 0 Å². The van der Waals surface area contributed by atoms with Crippen LogP contribution < -0.4 is 10.1 Å². The summed E-state index contributed by atoms with van der Waals surface area (Å²) < 4.78 is 5.29. The maximum atomic E-state index is 11.3. The lowest BCUT2D eigenvalue weighted by atomic mass is 10.1. The Morgan fingerprint density at radius 3 is 2.86 bits per heavy atom. The normalized spacial score (nSPS) is 21.0. The number of nitro groups is 1. The van der Waals surface area contributed by atoms with Gasteiger partial charge in [0.25, 0.3) is 0 Å². The Kier molecular flexibility index (Phi) is 4.62. The predicted molar refractivity (Wildman–Crippen MR) is 76.7 cm³/mol. The van der Waals surface area contributed by atoms with E-state index in [2.05, 4.69) is 5.32 Å². The van der Waals surface area contributed by atoms with E-state index in [1.54, 1.807) is 25.1 Å². The average Bonchev–Trinajstić information content (AvgIpc) is 2.87. The summed E-state index contributed by atoms with van der Waals surface area (Å²) >= 11 is 0. The van der Waals surface area contributed by atoms with Gasteiger partial charge in [-0.1, -0.05) is 6.07 Å². The first-order chi connectivity index (χ1) is 10.0. The van der Waals surface area contributed by atoms with Crippen LogP contribution in [0.1, 0.15) is 26.2 Å². The van der Waals surface area contributed by atoms with Crippen LogP contribution in [0.3, 0.4) is 0 Å². The standard InChI is InChI=1S/C14H18N2O5/c1-2-21-12-5-3-4-11(13(12)16(19)20)15-10-7-6-9(8-10)14(17)18/h3-5,9-10,15H,2,6-8H2,1H3,(H,17,18)/t9-,10+/m1/s1. The first-order valence-corrected chi connectivity index (χ1v) is 6.92. The first kappa shape index (κ1) is 15.1. The summed E-state index contributed by atoms with van der Waals surface area (Å²) in [7, 11) is 0. The smallest absolute Gasteiger partial charge is 0.333 e. The summed E-state index contributed by atoms with van der Waals surface area (Å²) in [4.78, 5) is 21.7. The molecule has 2 rings (SSSR count). The van der Waals surface area contributed by atoms with Crippen LogP contribution in [0.5, 0.6) is 5.75 Å². The molecule has 7 nitrogen and oxygen atoms in total. The van der Waals surface area contributed by atoms with Crippen LogP contribution in [-0.2, 0) is 4.79 Å². The molecule has 1 aliphatic carbocycles. The second-order valence-electron chi connectivity index (χ2n) is 5.03. The van der Waals surface area contributed by atoms with Gasteiger partial charge in [-0.2, -0.15) is 0 Å². The highest BCUT2D eigenvalue weighted by Crippen LogP contribution is 2.37. The van der Waals surface area contributed by atoms with E-state index < -0.39 is 10.9 Å². The van der Waals surface area contributed by atoms with E-state index in [-0.39, 0.29) is 23.4 Å². The minimum atomic E-state index is -0.808. The Balaban J connectivity index is 2.18. The molecule has 0 radical (unpaired) electrons. The number of carboxylic acids is 1. The lowest BCUT2D eigenvalue weighted by Crippen LogP contribution is -2.18. The number of benzene rings is 1. The van der Waals surface area contributed by atoms with Gasteiger partial charge in [0.2, 0.25) is 0 Å². The third-order valence-corrected chi connectivity index (χ3v) is 3.62. The van der Waals surface area contributed by atoms with Gasteiger partial charge >= 0.3 is 11.7 Å². The Morgan fingerprint density at radius 1 is 1.52 bits per heavy atom. The molecule has 7 heteroatoms. The molecule has 0 spiro atoms. The number of nitrogens with one attached hydrogen (secondary N) is 1. The number of para-hydroxylation sites is 1. The monoisotopic (exact) mass is 294 g/mol. The van der Waals surface area contributed by atoms with Crippen LogP contribution in [0.4, 0.5) is 11.4 Å². The highest BCUT2D eigenvalue weighted by Gasteiger charge is 2.31. The Morgan fingerprint density at radius 2 is 2.29 bits per heavy atom. The fourth-order valence-electron chi connectivity index (χ4n) is 2.66. The first-order valence-electron chi connectivity index (χ1n) is 6.92. The number of anilines is 1. The molecule has 114 valence electrons. The van der Waals surface area contributed by atoms with Gasteiger partial charge in [-0.15, -0.1) is 0 Å². The molecule has 2 N–H and O–H groups in total. The van der Waals surface area contributed by atoms with E-state index in [1.807, 2.05) is 0 Å². The number of nitro benzene ring substituents is 1. The van der Waals surface area contributed by atoms with Crippen molar-refractivity contribution in [2.45, 2.75) is 32.2 Å². The molecule has 1 saturated carbocycles. The SMILES string of the molecule is CCOc1cccc(N[C@H]2CC[C@@H](C(=O)O)C2)c1[N+](=O)[O-]. The van der Waals surface area contributed by atoms with E-state index >= 15 is 0 Å². The maximum Gasteiger partial charge on any atom is 0.333 e. The number of aliphatic carboxylic acids is 1. The minimum Gasteiger partial charge on any atom is -0.487 e. The molecule has 21 heavy (non-hydrogen) atoms. The van der Waals surface area contributed by atoms with Crippen LogP contribution in [0.25, 0.3) is 0 Å². The largest absolute Gasteiger partial charge is 0.487 e. The molecular formula is C14H18N2O5. The van der Waals surface area contributed by atoms with Crippen LogP contribution >= 0.6 is 0 Å². The topological polar surface area (TPSA) is 102 Å². The predicted octanol–water partition coefficient (Wildman–Crippen LogP) is 2.66. The van der Waals surface area contributed by atoms with Gasteiger partial charge in [0.1, 0.15) is 5.69 Å². The molecule has 0 heterocycles. The van der Waals surface area contributed by atoms with Crippen molar-refractivity contribution < 1.29 is 19.6 Å². The van der Waals surface area contributed by atoms with Crippen molar-refractivity contribution in [2.75, 3.05) is 11.9 Å². The maximum absolute atomic E-state index is 11.3. The van der Waals surface area contributed by atoms with E-state index in [0.29, 0.717) is 31.6 Å². The van der Waals surface area contributed by atoms with Gasteiger partial charge < -0.3 is 15.2 Å². The molecule has 1 aromatic carbocycles. The van der Waals surface area contributed by atoms with Crippen LogP contribution in [0.2, 0.25) is 0 Å². The Hall–Kier alpha value is -2.31. The molecule has 0 aromatic heterocycles. The Bertz CT molecular complexity index is 546. The lowest BCUT2D eigenvalue weighted by molar-refractivity contribution is -0.385. The molecular weight excluding hydrogens is 276 g/mol. The highest BCUT2D eigenvalue weighted by atomic mass is 16.6. The number of hydrogen-bond donors (Lipinski definition) is 2. The average molecular weight is 294 g/mol. The van der Waals surface area contributed by atoms with Crippen molar-refractivity contribution in [1.82, 2.24) is 0 Å². The van der Waals surface area contributed by atoms with Crippen molar-refractivity contribution in [3.63, 3.8) is 0 Å². The third kappa shape index (κ3) is 3.42. The molecule has 2 atom stereocenters. The van der Waals surface area contributed by atoms with Crippen molar-refractivity contribution in [1.29, 1.82) is 0 Å². The molecule has 0 amide bonds. The van der Waals surface area contributed by atoms with Crippen LogP contribution in [-0.4, -0.2) is 28.6 Å². The van der Waals surface area contributed by atoms with E-state index in [4.69, 9.17) is 9.84 Å². The van der Waals surface area contributed by atoms with Gasteiger partial charge in [-0.05, 0) is 38.3 Å². The number of rotatable bonds is 6. The fraction of sp³-hybridized carbons (Fsp3) is 0.500. The van der Waals surface area contributed by atoms with E-state index in [1.165, 1.54) is 0 Å². The summed E-state index contributed by atoms with van der Waals surface area (Å²) in [6.07, 6.45) is 1.75. The van der Waals surface area contributed by atoms with Gasteiger partial charge in [0, 0.05) is 6.04 Å². The Labute approximate surface area is 122 Å². The van der Waals surface area contributed by atoms with Crippen LogP contribution in [0, 0.1) is 16.0 Å². The minimum absolute atomic E-state index is 0.0679. The molecule has 0 bridgehead atoms. The number of ether oxygens (including phenoxy) is 1. The highest BCUT2D eigenvalue weighted by molar-refractivity contribution is 5.71. The second kappa shape index (κ2) is 6.43. The van der Waals surface area contributed by atoms with Crippen molar-refractivity contribution in [2.24, 2.45) is 5.92 Å². The van der Waals surface area contributed by atoms with Crippen molar-refractivity contribution in [3.8, 4) is 5.75 Å². The summed E-state index contributed by atoms with van der Waals surface area (Å²) in [6.45, 7) is 2.10. The van der Waals surface area contributed by atoms with Gasteiger partial charge in [0.05, 0.1) is 17.4 Å². The zero-order chi connectivity index (χ0) is 15.4. The third-order valence-electron chi connectivity index (χ3n) is 3.62. The van der Waals surface area contributed by atoms with Crippen LogP contribution in [0.15, 0.2) is 18.2 Å². The number of hydrogen-bond acceptors (Lipinski definition) is 5. The number of nitrogens with zero attached hydrogens (tertiary/aromatic N) is 1. The summed E-state index contributed by atoms with van der Waals surface area (Å²) in [5, 5.41) is 23.3. The molecule has 0 unspecified atom stereocenters. The second-order valence-corrected chi connectivity index (χ2v) is 5.03. The lowest BCUT2D eigenvalue weighted by Gasteiger charge is -2.15. The van der Waals surface area contributed by atoms with E-state index in [0.717, 1.165) is 0 Å². The summed E-state index contributed by atoms with van der Waals surface area (Å²) in [6, 6.07) is 4.79. The molecule has 1 fully saturated rings. The molecule has 0 saturated heterocycles. The summed E-state index contributed by atoms with van der Waals surface area (Å²) in [5.74, 6) is -0.964. The van der Waals surface area contributed by atoms with Gasteiger partial charge in [-0.3, -0.25) is 14.9 Å². The zero-order valence-electron chi connectivity index (χ0n) is 11.7. The van der Waals surface area contributed by atoms with Crippen molar-refractivity contribution in [3.05, 3.63) is 28.3 Å². The summed E-state index contributed by atoms with van der Waals surface area (Å²) in [5.41, 5.74) is 0.278. The molecule has 1 aromatic rings. The number of carboxylic acid groups (broad SMARTS) is 1. The zero-order valence-corrected chi connectivity index (χ0v) is 11.7. The van der Waals surface area contributed by atoms with Crippen molar-refractivity contribution >= 4 is 17.3 Å². The van der Waals surface area contributed by atoms with Gasteiger partial charge in [0.15, 0.2) is 5.75 Å². The quantitative estimate of drug-likeness (QED) is 0.617. The molecule has 1 aliphatic rings.